The minimum absolute atomic E-state index is 0.0126. The van der Waals surface area contributed by atoms with E-state index in [9.17, 15) is 4.79 Å². The minimum Gasteiger partial charge on any atom is -0.493 e. The van der Waals surface area contributed by atoms with Crippen LogP contribution in [0.3, 0.4) is 0 Å². The van der Waals surface area contributed by atoms with Crippen LogP contribution in [0.5, 0.6) is 17.2 Å². The summed E-state index contributed by atoms with van der Waals surface area (Å²) in [5.74, 6) is 1.39. The zero-order chi connectivity index (χ0) is 17.8. The van der Waals surface area contributed by atoms with E-state index in [1.54, 1.807) is 33.5 Å². The Morgan fingerprint density at radius 3 is 2.36 bits per heavy atom. The van der Waals surface area contributed by atoms with Crippen molar-refractivity contribution in [1.29, 1.82) is 0 Å². The van der Waals surface area contributed by atoms with Crippen LogP contribution in [0.2, 0.25) is 0 Å². The fraction of sp³-hybridized carbons (Fsp3) is 0.350. The molecule has 1 N–H and O–H groups in total. The van der Waals surface area contributed by atoms with E-state index in [1.165, 1.54) is 5.56 Å². The lowest BCUT2D eigenvalue weighted by atomic mass is 9.82. The molecule has 0 saturated heterocycles. The van der Waals surface area contributed by atoms with Crippen LogP contribution in [0.4, 0.5) is 5.69 Å². The van der Waals surface area contributed by atoms with Crippen molar-refractivity contribution in [2.75, 3.05) is 26.6 Å². The fourth-order valence-corrected chi connectivity index (χ4v) is 3.41. The van der Waals surface area contributed by atoms with Crippen molar-refractivity contribution in [3.63, 3.8) is 0 Å². The third-order valence-corrected chi connectivity index (χ3v) is 4.62. The Morgan fingerprint density at radius 2 is 1.72 bits per heavy atom. The predicted octanol–water partition coefficient (Wildman–Crippen LogP) is 3.77. The first-order valence-corrected chi connectivity index (χ1v) is 8.36. The van der Waals surface area contributed by atoms with Gasteiger partial charge < -0.3 is 19.5 Å². The lowest BCUT2D eigenvalue weighted by Gasteiger charge is -2.25. The van der Waals surface area contributed by atoms with Crippen LogP contribution in [0, 0.1) is 0 Å². The number of benzene rings is 2. The monoisotopic (exact) mass is 341 g/mol. The van der Waals surface area contributed by atoms with Crippen LogP contribution >= 0.6 is 0 Å². The van der Waals surface area contributed by atoms with Crippen LogP contribution in [0.25, 0.3) is 0 Å². The van der Waals surface area contributed by atoms with Gasteiger partial charge in [0.25, 0.3) is 0 Å². The Balaban J connectivity index is 1.87. The Kier molecular flexibility index (Phi) is 5.12. The zero-order valence-corrected chi connectivity index (χ0v) is 14.8. The fourth-order valence-electron chi connectivity index (χ4n) is 3.41. The van der Waals surface area contributed by atoms with E-state index in [0.29, 0.717) is 22.9 Å². The molecule has 0 spiro atoms. The number of nitrogens with one attached hydrogen (secondary N) is 1. The van der Waals surface area contributed by atoms with Crippen molar-refractivity contribution in [2.24, 2.45) is 0 Å². The number of amides is 1. The lowest BCUT2D eigenvalue weighted by Crippen LogP contribution is -2.24. The predicted molar refractivity (Wildman–Crippen MR) is 96.8 cm³/mol. The molecule has 1 amide bonds. The number of methoxy groups -OCH3 is 3. The van der Waals surface area contributed by atoms with Gasteiger partial charge in [0.1, 0.15) is 0 Å². The first kappa shape index (κ1) is 17.1. The van der Waals surface area contributed by atoms with Gasteiger partial charge in [-0.2, -0.15) is 0 Å². The Morgan fingerprint density at radius 1 is 1.04 bits per heavy atom. The maximum atomic E-state index is 12.9. The number of carbonyl (C=O) groups is 1. The second-order valence-corrected chi connectivity index (χ2v) is 6.05. The molecule has 25 heavy (non-hydrogen) atoms. The SMILES string of the molecule is COc1cc(NC(=O)[C@@H]2CCCc3ccccc32)cc(OC)c1OC. The van der Waals surface area contributed by atoms with Gasteiger partial charge in [0.2, 0.25) is 11.7 Å². The second kappa shape index (κ2) is 7.47. The van der Waals surface area contributed by atoms with Crippen molar-refractivity contribution in [2.45, 2.75) is 25.2 Å². The molecule has 0 radical (unpaired) electrons. The molecular formula is C20H23NO4. The highest BCUT2D eigenvalue weighted by Gasteiger charge is 2.26. The number of carbonyl (C=O) groups excluding carboxylic acids is 1. The highest BCUT2D eigenvalue weighted by atomic mass is 16.5. The van der Waals surface area contributed by atoms with Gasteiger partial charge in [0.15, 0.2) is 11.5 Å². The topological polar surface area (TPSA) is 56.8 Å². The van der Waals surface area contributed by atoms with Gasteiger partial charge in [-0.15, -0.1) is 0 Å². The number of hydrogen-bond acceptors (Lipinski definition) is 4. The quantitative estimate of drug-likeness (QED) is 0.899. The third kappa shape index (κ3) is 3.40. The third-order valence-electron chi connectivity index (χ3n) is 4.62. The van der Waals surface area contributed by atoms with Gasteiger partial charge in [-0.3, -0.25) is 4.79 Å². The summed E-state index contributed by atoms with van der Waals surface area (Å²) in [4.78, 5) is 12.9. The van der Waals surface area contributed by atoms with E-state index in [-0.39, 0.29) is 11.8 Å². The molecular weight excluding hydrogens is 318 g/mol. The summed E-state index contributed by atoms with van der Waals surface area (Å²) in [7, 11) is 4.66. The van der Waals surface area contributed by atoms with E-state index in [0.717, 1.165) is 24.8 Å². The Bertz CT molecular complexity index is 747. The van der Waals surface area contributed by atoms with Crippen LogP contribution in [0.1, 0.15) is 29.9 Å². The van der Waals surface area contributed by atoms with E-state index in [4.69, 9.17) is 14.2 Å². The normalized spacial score (nSPS) is 15.9. The Hall–Kier alpha value is -2.69. The average molecular weight is 341 g/mol. The summed E-state index contributed by atoms with van der Waals surface area (Å²) in [5.41, 5.74) is 3.01. The molecule has 0 heterocycles. The van der Waals surface area contributed by atoms with E-state index < -0.39 is 0 Å². The van der Waals surface area contributed by atoms with Crippen LogP contribution < -0.4 is 19.5 Å². The van der Waals surface area contributed by atoms with E-state index in [2.05, 4.69) is 11.4 Å². The van der Waals surface area contributed by atoms with Gasteiger partial charge in [-0.1, -0.05) is 24.3 Å². The van der Waals surface area contributed by atoms with Gasteiger partial charge >= 0.3 is 0 Å². The molecule has 1 aliphatic rings. The molecule has 0 aliphatic heterocycles. The molecule has 2 aromatic carbocycles. The summed E-state index contributed by atoms with van der Waals surface area (Å²) < 4.78 is 16.0. The van der Waals surface area contributed by atoms with Crippen molar-refractivity contribution in [1.82, 2.24) is 0 Å². The number of hydrogen-bond donors (Lipinski definition) is 1. The summed E-state index contributed by atoms with van der Waals surface area (Å²) in [6.07, 6.45) is 2.90. The van der Waals surface area contributed by atoms with E-state index in [1.807, 2.05) is 18.2 Å². The smallest absolute Gasteiger partial charge is 0.231 e. The van der Waals surface area contributed by atoms with Crippen molar-refractivity contribution in [3.8, 4) is 17.2 Å². The molecule has 1 aliphatic carbocycles. The number of ether oxygens (including phenoxy) is 3. The highest BCUT2D eigenvalue weighted by molar-refractivity contribution is 5.96. The molecule has 0 saturated carbocycles. The first-order valence-electron chi connectivity index (χ1n) is 8.36. The highest BCUT2D eigenvalue weighted by Crippen LogP contribution is 2.40. The lowest BCUT2D eigenvalue weighted by molar-refractivity contribution is -0.117. The summed E-state index contributed by atoms with van der Waals surface area (Å²) >= 11 is 0. The number of aryl methyl sites for hydroxylation is 1. The molecule has 132 valence electrons. The van der Waals surface area contributed by atoms with Gasteiger partial charge in [-0.05, 0) is 30.4 Å². The van der Waals surface area contributed by atoms with Crippen molar-refractivity contribution >= 4 is 11.6 Å². The summed E-state index contributed by atoms with van der Waals surface area (Å²) in [6.45, 7) is 0. The summed E-state index contributed by atoms with van der Waals surface area (Å²) in [6, 6.07) is 11.7. The minimum atomic E-state index is -0.135. The van der Waals surface area contributed by atoms with Crippen LogP contribution in [0.15, 0.2) is 36.4 Å². The number of anilines is 1. The van der Waals surface area contributed by atoms with Crippen LogP contribution in [-0.4, -0.2) is 27.2 Å². The Labute approximate surface area is 147 Å². The van der Waals surface area contributed by atoms with E-state index >= 15 is 0 Å². The summed E-state index contributed by atoms with van der Waals surface area (Å²) in [5, 5.41) is 3.00. The molecule has 0 aromatic heterocycles. The van der Waals surface area contributed by atoms with Gasteiger partial charge in [0, 0.05) is 17.8 Å². The van der Waals surface area contributed by atoms with Crippen LogP contribution in [-0.2, 0) is 11.2 Å². The largest absolute Gasteiger partial charge is 0.493 e. The standard InChI is InChI=1S/C20H23NO4/c1-23-17-11-14(12-18(24-2)19(17)25-3)21-20(22)16-10-6-8-13-7-4-5-9-15(13)16/h4-5,7,9,11-12,16H,6,8,10H2,1-3H3,(H,21,22)/t16-/m1/s1. The number of rotatable bonds is 5. The molecule has 0 bridgehead atoms. The molecule has 2 aromatic rings. The molecule has 0 unspecified atom stereocenters. The number of fused-ring (bicyclic) bond motifs is 1. The molecule has 1 atom stereocenters. The maximum absolute atomic E-state index is 12.9. The van der Waals surface area contributed by atoms with Crippen molar-refractivity contribution in [3.05, 3.63) is 47.5 Å². The second-order valence-electron chi connectivity index (χ2n) is 6.05. The molecule has 3 rings (SSSR count). The maximum Gasteiger partial charge on any atom is 0.231 e. The first-order chi connectivity index (χ1) is 12.2. The van der Waals surface area contributed by atoms with Crippen molar-refractivity contribution < 1.29 is 19.0 Å². The van der Waals surface area contributed by atoms with Gasteiger partial charge in [0.05, 0.1) is 27.2 Å². The molecule has 0 fully saturated rings. The molecule has 5 nitrogen and oxygen atoms in total. The average Bonchev–Trinajstić information content (AvgIpc) is 2.66. The van der Waals surface area contributed by atoms with Gasteiger partial charge in [-0.25, -0.2) is 0 Å². The zero-order valence-electron chi connectivity index (χ0n) is 14.8. The molecule has 5 heteroatoms.